The molecule has 3 nitrogen and oxygen atoms in total. The summed E-state index contributed by atoms with van der Waals surface area (Å²) < 4.78 is 7.42. The summed E-state index contributed by atoms with van der Waals surface area (Å²) in [6.07, 6.45) is 1.75. The Bertz CT molecular complexity index is 340. The molecule has 0 amide bonds. The van der Waals surface area contributed by atoms with Gasteiger partial charge in [-0.3, -0.25) is 4.79 Å². The van der Waals surface area contributed by atoms with E-state index in [1.54, 1.807) is 16.8 Å². The van der Waals surface area contributed by atoms with Gasteiger partial charge < -0.3 is 9.30 Å². The third-order valence-corrected chi connectivity index (χ3v) is 2.47. The van der Waals surface area contributed by atoms with Crippen molar-refractivity contribution in [2.24, 2.45) is 0 Å². The van der Waals surface area contributed by atoms with Gasteiger partial charge in [0, 0.05) is 18.5 Å². The first kappa shape index (κ1) is 11.8. The van der Waals surface area contributed by atoms with E-state index in [-0.39, 0.29) is 5.56 Å². The molecule has 0 fully saturated rings. The first-order valence-corrected chi connectivity index (χ1v) is 5.72. The van der Waals surface area contributed by atoms with E-state index in [0.717, 1.165) is 0 Å². The Morgan fingerprint density at radius 3 is 3.00 bits per heavy atom. The molecule has 0 radical (unpaired) electrons. The molecule has 0 aromatic carbocycles. The molecule has 0 bridgehead atoms. The van der Waals surface area contributed by atoms with Gasteiger partial charge >= 0.3 is 0 Å². The highest BCUT2D eigenvalue weighted by Crippen LogP contribution is 2.00. The van der Waals surface area contributed by atoms with E-state index in [0.29, 0.717) is 30.0 Å². The predicted molar refractivity (Wildman–Crippen MR) is 63.1 cm³/mol. The fourth-order valence-corrected chi connectivity index (χ4v) is 1.52. The van der Waals surface area contributed by atoms with Crippen LogP contribution in [0.1, 0.15) is 0 Å². The summed E-state index contributed by atoms with van der Waals surface area (Å²) in [7, 11) is 0. The van der Waals surface area contributed by atoms with Crippen molar-refractivity contribution in [1.82, 2.24) is 4.57 Å². The molecule has 0 saturated heterocycles. The minimum absolute atomic E-state index is 0.0260. The van der Waals surface area contributed by atoms with Gasteiger partial charge in [-0.25, -0.2) is 0 Å². The van der Waals surface area contributed by atoms with E-state index in [1.807, 2.05) is 6.07 Å². The molecule has 0 spiro atoms. The van der Waals surface area contributed by atoms with Gasteiger partial charge in [0.1, 0.15) is 0 Å². The molecule has 0 unspecified atom stereocenters. The SMILES string of the molecule is O=c1c(Br)cccn1CCOCCS. The van der Waals surface area contributed by atoms with Crippen LogP contribution in [0.4, 0.5) is 0 Å². The second-order valence-corrected chi connectivity index (χ2v) is 3.99. The third-order valence-electron chi connectivity index (χ3n) is 1.69. The van der Waals surface area contributed by atoms with Gasteiger partial charge in [0.2, 0.25) is 0 Å². The van der Waals surface area contributed by atoms with Crippen LogP contribution in [0, 0.1) is 0 Å². The highest BCUT2D eigenvalue weighted by atomic mass is 79.9. The van der Waals surface area contributed by atoms with Gasteiger partial charge in [0.25, 0.3) is 5.56 Å². The van der Waals surface area contributed by atoms with E-state index in [4.69, 9.17) is 4.74 Å². The lowest BCUT2D eigenvalue weighted by Crippen LogP contribution is -2.22. The lowest BCUT2D eigenvalue weighted by Gasteiger charge is -2.05. The molecule has 1 aromatic heterocycles. The number of hydrogen-bond donors (Lipinski definition) is 1. The Hall–Kier alpha value is -0.260. The van der Waals surface area contributed by atoms with Crippen molar-refractivity contribution in [3.63, 3.8) is 0 Å². The Labute approximate surface area is 96.6 Å². The van der Waals surface area contributed by atoms with E-state index < -0.39 is 0 Å². The van der Waals surface area contributed by atoms with Crippen molar-refractivity contribution in [3.05, 3.63) is 33.2 Å². The lowest BCUT2D eigenvalue weighted by molar-refractivity contribution is 0.140. The van der Waals surface area contributed by atoms with Crippen LogP contribution in [0.15, 0.2) is 27.6 Å². The monoisotopic (exact) mass is 277 g/mol. The molecule has 0 N–H and O–H groups in total. The maximum absolute atomic E-state index is 11.5. The van der Waals surface area contributed by atoms with Crippen LogP contribution >= 0.6 is 28.6 Å². The predicted octanol–water partition coefficient (Wildman–Crippen LogP) is 1.56. The first-order valence-electron chi connectivity index (χ1n) is 4.29. The molecule has 0 aliphatic heterocycles. The Morgan fingerprint density at radius 2 is 2.29 bits per heavy atom. The average Bonchev–Trinajstić information content (AvgIpc) is 2.19. The fraction of sp³-hybridized carbons (Fsp3) is 0.444. The maximum atomic E-state index is 11.5. The zero-order valence-corrected chi connectivity index (χ0v) is 10.1. The highest BCUT2D eigenvalue weighted by molar-refractivity contribution is 9.10. The average molecular weight is 278 g/mol. The largest absolute Gasteiger partial charge is 0.379 e. The minimum Gasteiger partial charge on any atom is -0.379 e. The molecule has 1 heterocycles. The number of pyridine rings is 1. The van der Waals surface area contributed by atoms with Crippen LogP contribution in [0.25, 0.3) is 0 Å². The summed E-state index contributed by atoms with van der Waals surface area (Å²) >= 11 is 7.20. The topological polar surface area (TPSA) is 31.2 Å². The summed E-state index contributed by atoms with van der Waals surface area (Å²) in [5, 5.41) is 0. The van der Waals surface area contributed by atoms with Crippen molar-refractivity contribution in [2.45, 2.75) is 6.54 Å². The van der Waals surface area contributed by atoms with Crippen LogP contribution in [-0.4, -0.2) is 23.5 Å². The number of nitrogens with zero attached hydrogens (tertiary/aromatic N) is 1. The van der Waals surface area contributed by atoms with Crippen LogP contribution in [-0.2, 0) is 11.3 Å². The molecule has 78 valence electrons. The Morgan fingerprint density at radius 1 is 1.50 bits per heavy atom. The molecular weight excluding hydrogens is 266 g/mol. The number of aromatic nitrogens is 1. The summed E-state index contributed by atoms with van der Waals surface area (Å²) in [6, 6.07) is 3.55. The van der Waals surface area contributed by atoms with Crippen LogP contribution in [0.5, 0.6) is 0 Å². The first-order chi connectivity index (χ1) is 6.75. The highest BCUT2D eigenvalue weighted by Gasteiger charge is 1.98. The van der Waals surface area contributed by atoms with Gasteiger partial charge in [-0.2, -0.15) is 12.6 Å². The standard InChI is InChI=1S/C9H12BrNO2S/c10-8-2-1-3-11(9(8)12)4-5-13-6-7-14/h1-3,14H,4-7H2. The molecular formula is C9H12BrNO2S. The van der Waals surface area contributed by atoms with E-state index in [2.05, 4.69) is 28.6 Å². The Kier molecular flexibility index (Phi) is 5.29. The minimum atomic E-state index is -0.0260. The van der Waals surface area contributed by atoms with Gasteiger partial charge in [-0.15, -0.1) is 0 Å². The van der Waals surface area contributed by atoms with Gasteiger partial charge in [-0.1, -0.05) is 0 Å². The molecule has 1 rings (SSSR count). The van der Waals surface area contributed by atoms with Crippen molar-refractivity contribution in [1.29, 1.82) is 0 Å². The van der Waals surface area contributed by atoms with Gasteiger partial charge in [-0.05, 0) is 28.1 Å². The molecule has 0 saturated carbocycles. The number of rotatable bonds is 5. The molecule has 1 aromatic rings. The lowest BCUT2D eigenvalue weighted by atomic mass is 10.4. The normalized spacial score (nSPS) is 10.4. The van der Waals surface area contributed by atoms with Gasteiger partial charge in [0.15, 0.2) is 0 Å². The summed E-state index contributed by atoms with van der Waals surface area (Å²) in [5.74, 6) is 0.702. The number of ether oxygens (including phenoxy) is 1. The number of hydrogen-bond acceptors (Lipinski definition) is 3. The van der Waals surface area contributed by atoms with Crippen LogP contribution in [0.3, 0.4) is 0 Å². The second-order valence-electron chi connectivity index (χ2n) is 2.69. The quantitative estimate of drug-likeness (QED) is 0.654. The summed E-state index contributed by atoms with van der Waals surface area (Å²) in [6.45, 7) is 1.73. The van der Waals surface area contributed by atoms with Crippen LogP contribution < -0.4 is 5.56 Å². The Balaban J connectivity index is 2.51. The summed E-state index contributed by atoms with van der Waals surface area (Å²) in [5.41, 5.74) is -0.0260. The number of thiol groups is 1. The van der Waals surface area contributed by atoms with Gasteiger partial charge in [0.05, 0.1) is 17.7 Å². The van der Waals surface area contributed by atoms with E-state index >= 15 is 0 Å². The van der Waals surface area contributed by atoms with Crippen molar-refractivity contribution in [2.75, 3.05) is 19.0 Å². The zero-order chi connectivity index (χ0) is 10.4. The molecule has 0 atom stereocenters. The maximum Gasteiger partial charge on any atom is 0.264 e. The second kappa shape index (κ2) is 6.27. The van der Waals surface area contributed by atoms with Crippen molar-refractivity contribution in [3.8, 4) is 0 Å². The molecule has 14 heavy (non-hydrogen) atoms. The zero-order valence-electron chi connectivity index (χ0n) is 7.65. The van der Waals surface area contributed by atoms with Crippen molar-refractivity contribution < 1.29 is 4.74 Å². The smallest absolute Gasteiger partial charge is 0.264 e. The third kappa shape index (κ3) is 3.48. The molecule has 0 aliphatic carbocycles. The van der Waals surface area contributed by atoms with Crippen LogP contribution in [0.2, 0.25) is 0 Å². The van der Waals surface area contributed by atoms with E-state index in [1.165, 1.54) is 0 Å². The number of halogens is 1. The van der Waals surface area contributed by atoms with Crippen molar-refractivity contribution >= 4 is 28.6 Å². The summed E-state index contributed by atoms with van der Waals surface area (Å²) in [4.78, 5) is 11.5. The molecule has 5 heteroatoms. The fourth-order valence-electron chi connectivity index (χ4n) is 1.01. The molecule has 0 aliphatic rings. The van der Waals surface area contributed by atoms with E-state index in [9.17, 15) is 4.79 Å².